The molecular formula is C20H33IN4O. The Balaban J connectivity index is 0.00000196. The Morgan fingerprint density at radius 3 is 2.35 bits per heavy atom. The predicted octanol–water partition coefficient (Wildman–Crippen LogP) is 3.64. The maximum atomic E-state index is 5.71. The second-order valence-corrected chi connectivity index (χ2v) is 7.95. The largest absolute Gasteiger partial charge is 0.468 e. The monoisotopic (exact) mass is 472 g/mol. The van der Waals surface area contributed by atoms with Gasteiger partial charge in [-0.1, -0.05) is 0 Å². The van der Waals surface area contributed by atoms with Crippen molar-refractivity contribution in [1.29, 1.82) is 0 Å². The first kappa shape index (κ1) is 20.0. The van der Waals surface area contributed by atoms with Crippen LogP contribution in [0.2, 0.25) is 0 Å². The molecule has 3 fully saturated rings. The molecular weight excluding hydrogens is 439 g/mol. The lowest BCUT2D eigenvalue weighted by atomic mass is 9.98. The van der Waals surface area contributed by atoms with E-state index >= 15 is 0 Å². The third kappa shape index (κ3) is 5.15. The molecule has 2 saturated carbocycles. The number of furan rings is 1. The van der Waals surface area contributed by atoms with Gasteiger partial charge in [0.25, 0.3) is 0 Å². The van der Waals surface area contributed by atoms with Crippen LogP contribution in [0.15, 0.2) is 27.8 Å². The van der Waals surface area contributed by atoms with Crippen molar-refractivity contribution >= 4 is 29.9 Å². The number of aliphatic imine (C=N–C) groups is 1. The van der Waals surface area contributed by atoms with Crippen LogP contribution in [0, 0.1) is 17.8 Å². The summed E-state index contributed by atoms with van der Waals surface area (Å²) in [4.78, 5) is 6.97. The molecule has 2 heterocycles. The minimum Gasteiger partial charge on any atom is -0.468 e. The molecule has 0 aromatic carbocycles. The van der Waals surface area contributed by atoms with E-state index in [1.165, 1.54) is 38.5 Å². The molecule has 1 aliphatic heterocycles. The first-order valence-electron chi connectivity index (χ1n) is 10.1. The maximum absolute atomic E-state index is 5.71. The smallest absolute Gasteiger partial charge is 0.191 e. The van der Waals surface area contributed by atoms with E-state index in [2.05, 4.69) is 26.6 Å². The Kier molecular flexibility index (Phi) is 7.26. The SMILES string of the molecule is CN=C(NCC(C1CC1)C1CC1)NCC(c1ccco1)N1CCCC1.I. The molecule has 1 saturated heterocycles. The molecule has 146 valence electrons. The summed E-state index contributed by atoms with van der Waals surface area (Å²) in [6.45, 7) is 4.23. The molecule has 1 atom stereocenters. The summed E-state index contributed by atoms with van der Waals surface area (Å²) in [7, 11) is 1.87. The summed E-state index contributed by atoms with van der Waals surface area (Å²) in [5.74, 6) is 4.79. The van der Waals surface area contributed by atoms with E-state index in [4.69, 9.17) is 4.42 Å². The molecule has 0 amide bonds. The van der Waals surface area contributed by atoms with Gasteiger partial charge in [-0.2, -0.15) is 0 Å². The second kappa shape index (κ2) is 9.44. The van der Waals surface area contributed by atoms with Crippen molar-refractivity contribution in [2.24, 2.45) is 22.7 Å². The standard InChI is InChI=1S/C20H32N4O.HI/c1-21-20(22-13-17(15-6-7-15)16-8-9-16)23-14-18(19-5-4-12-25-19)24-10-2-3-11-24;/h4-5,12,15-18H,2-3,6-11,13-14H2,1H3,(H2,21,22,23);1H. The van der Waals surface area contributed by atoms with E-state index < -0.39 is 0 Å². The van der Waals surface area contributed by atoms with E-state index in [1.807, 2.05) is 13.1 Å². The normalized spacial score (nSPS) is 22.3. The van der Waals surface area contributed by atoms with Crippen LogP contribution in [-0.4, -0.2) is 44.1 Å². The summed E-state index contributed by atoms with van der Waals surface area (Å²) in [5.41, 5.74) is 0. The number of rotatable bonds is 8. The van der Waals surface area contributed by atoms with E-state index in [9.17, 15) is 0 Å². The maximum Gasteiger partial charge on any atom is 0.191 e. The molecule has 1 aromatic heterocycles. The highest BCUT2D eigenvalue weighted by molar-refractivity contribution is 14.0. The molecule has 3 aliphatic rings. The van der Waals surface area contributed by atoms with Crippen LogP contribution < -0.4 is 10.6 Å². The summed E-state index contributed by atoms with van der Waals surface area (Å²) >= 11 is 0. The first-order chi connectivity index (χ1) is 12.3. The molecule has 0 bridgehead atoms. The van der Waals surface area contributed by atoms with Gasteiger partial charge in [-0.3, -0.25) is 9.89 Å². The highest BCUT2D eigenvalue weighted by Gasteiger charge is 2.41. The molecule has 26 heavy (non-hydrogen) atoms. The van der Waals surface area contributed by atoms with E-state index in [-0.39, 0.29) is 24.0 Å². The Labute approximate surface area is 174 Å². The van der Waals surface area contributed by atoms with Crippen LogP contribution in [-0.2, 0) is 0 Å². The Hall–Kier alpha value is -0.760. The van der Waals surface area contributed by atoms with Crippen LogP contribution in [0.25, 0.3) is 0 Å². The van der Waals surface area contributed by atoms with Gasteiger partial charge in [0.15, 0.2) is 5.96 Å². The van der Waals surface area contributed by atoms with Gasteiger partial charge in [0.1, 0.15) is 5.76 Å². The topological polar surface area (TPSA) is 52.8 Å². The predicted molar refractivity (Wildman–Crippen MR) is 116 cm³/mol. The first-order valence-corrected chi connectivity index (χ1v) is 10.1. The van der Waals surface area contributed by atoms with Gasteiger partial charge in [-0.05, 0) is 81.5 Å². The van der Waals surface area contributed by atoms with Gasteiger partial charge >= 0.3 is 0 Å². The zero-order valence-electron chi connectivity index (χ0n) is 15.8. The number of nitrogens with zero attached hydrogens (tertiary/aromatic N) is 2. The molecule has 6 heteroatoms. The van der Waals surface area contributed by atoms with Crippen molar-refractivity contribution in [2.45, 2.75) is 44.6 Å². The molecule has 5 nitrogen and oxygen atoms in total. The van der Waals surface area contributed by atoms with Gasteiger partial charge in [0.2, 0.25) is 0 Å². The minimum absolute atomic E-state index is 0. The van der Waals surface area contributed by atoms with E-state index in [1.54, 1.807) is 6.26 Å². The fraction of sp³-hybridized carbons (Fsp3) is 0.750. The molecule has 4 rings (SSSR count). The number of nitrogens with one attached hydrogen (secondary N) is 2. The van der Waals surface area contributed by atoms with E-state index in [0.717, 1.165) is 55.7 Å². The summed E-state index contributed by atoms with van der Waals surface area (Å²) < 4.78 is 5.71. The number of likely N-dealkylation sites (tertiary alicyclic amines) is 1. The molecule has 0 spiro atoms. The Bertz CT molecular complexity index is 550. The van der Waals surface area contributed by atoms with Crippen LogP contribution >= 0.6 is 24.0 Å². The summed E-state index contributed by atoms with van der Waals surface area (Å²) in [6.07, 6.45) is 10.1. The molecule has 0 radical (unpaired) electrons. The summed E-state index contributed by atoms with van der Waals surface area (Å²) in [6, 6.07) is 4.37. The second-order valence-electron chi connectivity index (χ2n) is 7.95. The third-order valence-corrected chi connectivity index (χ3v) is 6.10. The average molecular weight is 472 g/mol. The highest BCUT2D eigenvalue weighted by atomic mass is 127. The van der Waals surface area contributed by atoms with Gasteiger partial charge in [0.05, 0.1) is 12.3 Å². The quantitative estimate of drug-likeness (QED) is 0.345. The van der Waals surface area contributed by atoms with Gasteiger partial charge in [-0.15, -0.1) is 24.0 Å². The van der Waals surface area contributed by atoms with Crippen LogP contribution in [0.4, 0.5) is 0 Å². The Morgan fingerprint density at radius 1 is 1.15 bits per heavy atom. The van der Waals surface area contributed by atoms with Crippen molar-refractivity contribution in [3.05, 3.63) is 24.2 Å². The Morgan fingerprint density at radius 2 is 1.81 bits per heavy atom. The average Bonchev–Trinajstić information content (AvgIpc) is 3.54. The third-order valence-electron chi connectivity index (χ3n) is 6.10. The fourth-order valence-electron chi connectivity index (χ4n) is 4.34. The van der Waals surface area contributed by atoms with Crippen molar-refractivity contribution < 1.29 is 4.42 Å². The fourth-order valence-corrected chi connectivity index (χ4v) is 4.34. The molecule has 2 N–H and O–H groups in total. The van der Waals surface area contributed by atoms with Crippen LogP contribution in [0.1, 0.15) is 50.3 Å². The lowest BCUT2D eigenvalue weighted by Gasteiger charge is -2.27. The van der Waals surface area contributed by atoms with Crippen molar-refractivity contribution in [3.8, 4) is 0 Å². The molecule has 1 aromatic rings. The van der Waals surface area contributed by atoms with Crippen molar-refractivity contribution in [3.63, 3.8) is 0 Å². The van der Waals surface area contributed by atoms with E-state index in [0.29, 0.717) is 6.04 Å². The van der Waals surface area contributed by atoms with Crippen LogP contribution in [0.5, 0.6) is 0 Å². The number of hydrogen-bond acceptors (Lipinski definition) is 3. The molecule has 1 unspecified atom stereocenters. The van der Waals surface area contributed by atoms with Crippen molar-refractivity contribution in [1.82, 2.24) is 15.5 Å². The van der Waals surface area contributed by atoms with Crippen LogP contribution in [0.3, 0.4) is 0 Å². The lowest BCUT2D eigenvalue weighted by molar-refractivity contribution is 0.215. The number of hydrogen-bond donors (Lipinski definition) is 2. The number of halogens is 1. The minimum atomic E-state index is 0. The zero-order valence-corrected chi connectivity index (χ0v) is 18.2. The highest BCUT2D eigenvalue weighted by Crippen LogP contribution is 2.48. The number of guanidine groups is 1. The summed E-state index contributed by atoms with van der Waals surface area (Å²) in [5, 5.41) is 7.14. The van der Waals surface area contributed by atoms with Gasteiger partial charge in [0, 0.05) is 20.1 Å². The molecule has 2 aliphatic carbocycles. The lowest BCUT2D eigenvalue weighted by Crippen LogP contribution is -2.44. The van der Waals surface area contributed by atoms with Gasteiger partial charge in [-0.25, -0.2) is 0 Å². The zero-order chi connectivity index (χ0) is 17.1. The van der Waals surface area contributed by atoms with Gasteiger partial charge < -0.3 is 15.1 Å². The van der Waals surface area contributed by atoms with Crippen molar-refractivity contribution in [2.75, 3.05) is 33.2 Å².